The minimum Gasteiger partial charge on any atom is -0.404 e. The number of carbonyl (C=O) groups excluding carboxylic acids is 1. The van der Waals surface area contributed by atoms with Gasteiger partial charge in [-0.3, -0.25) is 0 Å². The van der Waals surface area contributed by atoms with E-state index < -0.39 is 18.1 Å². The quantitative estimate of drug-likeness (QED) is 0.694. The van der Waals surface area contributed by atoms with Crippen molar-refractivity contribution in [3.8, 4) is 5.75 Å². The Morgan fingerprint density at radius 2 is 1.87 bits per heavy atom. The van der Waals surface area contributed by atoms with Crippen molar-refractivity contribution in [1.82, 2.24) is 5.32 Å². The van der Waals surface area contributed by atoms with Gasteiger partial charge in [-0.25, -0.2) is 4.79 Å². The topological polar surface area (TPSA) is 50.4 Å². The first-order valence-corrected chi connectivity index (χ1v) is 7.55. The van der Waals surface area contributed by atoms with Crippen LogP contribution in [0.2, 0.25) is 0 Å². The van der Waals surface area contributed by atoms with E-state index in [1.165, 1.54) is 18.2 Å². The molecule has 23 heavy (non-hydrogen) atoms. The first-order valence-electron chi connectivity index (χ1n) is 6.47. The average Bonchev–Trinajstić information content (AvgIpc) is 2.46. The highest BCUT2D eigenvalue weighted by Crippen LogP contribution is 2.29. The summed E-state index contributed by atoms with van der Waals surface area (Å²) in [5.74, 6) is -0.468. The van der Waals surface area contributed by atoms with E-state index >= 15 is 0 Å². The van der Waals surface area contributed by atoms with Crippen LogP contribution in [0.3, 0.4) is 0 Å². The molecule has 0 atom stereocenters. The summed E-state index contributed by atoms with van der Waals surface area (Å²) in [6.07, 6.45) is -4.82. The minimum atomic E-state index is -4.82. The second-order valence-corrected chi connectivity index (χ2v) is 5.73. The van der Waals surface area contributed by atoms with Crippen molar-refractivity contribution >= 4 is 34.3 Å². The summed E-state index contributed by atoms with van der Waals surface area (Å²) in [5, 5.41) is 4.92. The number of halogens is 4. The van der Waals surface area contributed by atoms with Gasteiger partial charge in [-0.05, 0) is 52.4 Å². The minimum absolute atomic E-state index is 0.0648. The van der Waals surface area contributed by atoms with Gasteiger partial charge in [0.15, 0.2) is 5.75 Å². The molecule has 122 valence electrons. The van der Waals surface area contributed by atoms with Crippen LogP contribution < -0.4 is 15.4 Å². The van der Waals surface area contributed by atoms with Crippen LogP contribution >= 0.6 is 22.6 Å². The smallest absolute Gasteiger partial charge is 0.404 e. The predicted molar refractivity (Wildman–Crippen MR) is 88.1 cm³/mol. The molecule has 0 fully saturated rings. The number of ether oxygens (including phenoxy) is 1. The van der Waals surface area contributed by atoms with Crippen molar-refractivity contribution < 1.29 is 22.7 Å². The summed E-state index contributed by atoms with van der Waals surface area (Å²) < 4.78 is 41.8. The van der Waals surface area contributed by atoms with Gasteiger partial charge in [0.2, 0.25) is 0 Å². The number of carbonyl (C=O) groups is 1. The van der Waals surface area contributed by atoms with Crippen LogP contribution in [-0.2, 0) is 6.54 Å². The maximum absolute atomic E-state index is 12.3. The highest BCUT2D eigenvalue weighted by Gasteiger charge is 2.32. The normalized spacial score (nSPS) is 11.0. The summed E-state index contributed by atoms with van der Waals surface area (Å²) in [6, 6.07) is 12.2. The van der Waals surface area contributed by atoms with Crippen LogP contribution in [0, 0.1) is 3.57 Å². The predicted octanol–water partition coefficient (Wildman–Crippen LogP) is 4.51. The van der Waals surface area contributed by atoms with Crippen molar-refractivity contribution in [2.45, 2.75) is 12.9 Å². The molecule has 2 amide bonds. The van der Waals surface area contributed by atoms with Crippen molar-refractivity contribution in [1.29, 1.82) is 0 Å². The highest BCUT2D eigenvalue weighted by molar-refractivity contribution is 14.1. The largest absolute Gasteiger partial charge is 0.573 e. The number of alkyl halides is 3. The van der Waals surface area contributed by atoms with E-state index in [1.807, 2.05) is 24.3 Å². The van der Waals surface area contributed by atoms with Gasteiger partial charge in [0.1, 0.15) is 0 Å². The molecule has 0 aromatic heterocycles. The fraction of sp³-hybridized carbons (Fsp3) is 0.133. The lowest BCUT2D eigenvalue weighted by Gasteiger charge is -2.14. The van der Waals surface area contributed by atoms with Gasteiger partial charge in [-0.1, -0.05) is 24.3 Å². The fourth-order valence-corrected chi connectivity index (χ4v) is 2.39. The third kappa shape index (κ3) is 5.97. The van der Waals surface area contributed by atoms with Gasteiger partial charge in [0, 0.05) is 10.1 Å². The van der Waals surface area contributed by atoms with E-state index in [0.29, 0.717) is 0 Å². The first-order chi connectivity index (χ1) is 10.8. The third-order valence-corrected chi connectivity index (χ3v) is 3.37. The van der Waals surface area contributed by atoms with Crippen molar-refractivity contribution in [3.63, 3.8) is 0 Å². The van der Waals surface area contributed by atoms with Gasteiger partial charge in [-0.15, -0.1) is 13.2 Å². The number of para-hydroxylation sites is 2. The SMILES string of the molecule is O=C(NCc1cccc(I)c1)Nc1ccccc1OC(F)(F)F. The Hall–Kier alpha value is -1.97. The van der Waals surface area contributed by atoms with Crippen LogP contribution in [-0.4, -0.2) is 12.4 Å². The lowest BCUT2D eigenvalue weighted by Crippen LogP contribution is -2.28. The molecule has 0 heterocycles. The molecule has 0 aliphatic heterocycles. The highest BCUT2D eigenvalue weighted by atomic mass is 127. The van der Waals surface area contributed by atoms with E-state index in [9.17, 15) is 18.0 Å². The molecule has 2 rings (SSSR count). The zero-order chi connectivity index (χ0) is 16.9. The molecule has 8 heteroatoms. The lowest BCUT2D eigenvalue weighted by molar-refractivity contribution is -0.274. The molecule has 2 aromatic rings. The van der Waals surface area contributed by atoms with E-state index in [-0.39, 0.29) is 12.2 Å². The maximum Gasteiger partial charge on any atom is 0.573 e. The van der Waals surface area contributed by atoms with Crippen LogP contribution in [0.5, 0.6) is 5.75 Å². The lowest BCUT2D eigenvalue weighted by atomic mass is 10.2. The van der Waals surface area contributed by atoms with E-state index in [4.69, 9.17) is 0 Å². The number of hydrogen-bond donors (Lipinski definition) is 2. The number of nitrogens with one attached hydrogen (secondary N) is 2. The molecular formula is C15H12F3IN2O2. The van der Waals surface area contributed by atoms with E-state index in [2.05, 4.69) is 38.0 Å². The Balaban J connectivity index is 1.98. The van der Waals surface area contributed by atoms with E-state index in [1.54, 1.807) is 0 Å². The summed E-state index contributed by atoms with van der Waals surface area (Å²) >= 11 is 2.15. The van der Waals surface area contributed by atoms with Gasteiger partial charge >= 0.3 is 12.4 Å². The molecule has 0 radical (unpaired) electrons. The van der Waals surface area contributed by atoms with Crippen LogP contribution in [0.25, 0.3) is 0 Å². The van der Waals surface area contributed by atoms with Crippen molar-refractivity contribution in [2.75, 3.05) is 5.32 Å². The Morgan fingerprint density at radius 3 is 2.57 bits per heavy atom. The Morgan fingerprint density at radius 1 is 1.13 bits per heavy atom. The molecular weight excluding hydrogens is 424 g/mol. The summed E-state index contributed by atoms with van der Waals surface area (Å²) in [4.78, 5) is 11.8. The van der Waals surface area contributed by atoms with Crippen LogP contribution in [0.4, 0.5) is 23.7 Å². The standard InChI is InChI=1S/C15H12F3IN2O2/c16-15(17,18)23-13-7-2-1-6-12(13)21-14(22)20-9-10-4-3-5-11(19)8-10/h1-8H,9H2,(H2,20,21,22). The number of hydrogen-bond acceptors (Lipinski definition) is 2. The molecule has 0 saturated carbocycles. The first kappa shape index (κ1) is 17.4. The molecule has 0 aliphatic carbocycles. The van der Waals surface area contributed by atoms with Gasteiger partial charge in [0.05, 0.1) is 5.69 Å². The van der Waals surface area contributed by atoms with Crippen LogP contribution in [0.1, 0.15) is 5.56 Å². The molecule has 0 unspecified atom stereocenters. The average molecular weight is 436 g/mol. The second-order valence-electron chi connectivity index (χ2n) is 4.48. The monoisotopic (exact) mass is 436 g/mol. The molecule has 2 N–H and O–H groups in total. The number of amides is 2. The van der Waals surface area contributed by atoms with Crippen molar-refractivity contribution in [3.05, 3.63) is 57.7 Å². The molecule has 0 spiro atoms. The molecule has 4 nitrogen and oxygen atoms in total. The Kier molecular flexibility index (Phi) is 5.69. The summed E-state index contributed by atoms with van der Waals surface area (Å²) in [6.45, 7) is 0.255. The maximum atomic E-state index is 12.3. The zero-order valence-electron chi connectivity index (χ0n) is 11.7. The summed E-state index contributed by atoms with van der Waals surface area (Å²) in [5.41, 5.74) is 0.817. The number of anilines is 1. The molecule has 0 aliphatic rings. The fourth-order valence-electron chi connectivity index (χ4n) is 1.78. The van der Waals surface area contributed by atoms with Gasteiger partial charge in [-0.2, -0.15) is 0 Å². The number of urea groups is 1. The molecule has 0 saturated heterocycles. The zero-order valence-corrected chi connectivity index (χ0v) is 13.8. The molecule has 0 bridgehead atoms. The number of benzene rings is 2. The molecule has 2 aromatic carbocycles. The Bertz CT molecular complexity index is 692. The van der Waals surface area contributed by atoms with E-state index in [0.717, 1.165) is 15.2 Å². The van der Waals surface area contributed by atoms with Gasteiger partial charge < -0.3 is 15.4 Å². The van der Waals surface area contributed by atoms with Crippen LogP contribution in [0.15, 0.2) is 48.5 Å². The second kappa shape index (κ2) is 7.53. The number of rotatable bonds is 4. The van der Waals surface area contributed by atoms with Gasteiger partial charge in [0.25, 0.3) is 0 Å². The van der Waals surface area contributed by atoms with Crippen molar-refractivity contribution in [2.24, 2.45) is 0 Å². The third-order valence-electron chi connectivity index (χ3n) is 2.70. The Labute approximate surface area is 144 Å². The summed E-state index contributed by atoms with van der Waals surface area (Å²) in [7, 11) is 0.